The average molecular weight is 635 g/mol. The molecule has 3 aliphatic heterocycles. The van der Waals surface area contributed by atoms with Crippen molar-refractivity contribution in [3.63, 3.8) is 0 Å². The van der Waals surface area contributed by atoms with E-state index in [1.54, 1.807) is 12.1 Å². The second kappa shape index (κ2) is 8.58. The fourth-order valence-corrected chi connectivity index (χ4v) is 4.79. The molecule has 35 heavy (non-hydrogen) atoms. The van der Waals surface area contributed by atoms with Gasteiger partial charge in [0.05, 0.1) is 11.4 Å². The number of benzene rings is 2. The molecule has 0 amide bonds. The molecule has 4 aromatic rings. The van der Waals surface area contributed by atoms with Gasteiger partial charge in [-0.2, -0.15) is 0 Å². The van der Waals surface area contributed by atoms with Crippen LogP contribution < -0.4 is 19.2 Å². The van der Waals surface area contributed by atoms with Gasteiger partial charge in [0.25, 0.3) is 0 Å². The monoisotopic (exact) mass is 635 g/mol. The molecule has 170 valence electrons. The van der Waals surface area contributed by atoms with Crippen molar-refractivity contribution in [1.29, 1.82) is 0 Å². The van der Waals surface area contributed by atoms with E-state index < -0.39 is 0 Å². The maximum absolute atomic E-state index is 13.4. The Kier molecular flexibility index (Phi) is 5.37. The maximum Gasteiger partial charge on any atom is 0.397 e. The van der Waals surface area contributed by atoms with Gasteiger partial charge in [0, 0.05) is 45.5 Å². The minimum atomic E-state index is -0.202. The van der Waals surface area contributed by atoms with Crippen molar-refractivity contribution in [2.45, 2.75) is 0 Å². The molecule has 2 radical (unpaired) electrons. The Morgan fingerprint density at radius 2 is 1.00 bits per heavy atom. The molecule has 7 nitrogen and oxygen atoms in total. The summed E-state index contributed by atoms with van der Waals surface area (Å²) >= 11 is 0. The van der Waals surface area contributed by atoms with Gasteiger partial charge in [-0.25, -0.2) is 9.97 Å². The van der Waals surface area contributed by atoms with Gasteiger partial charge >= 0.3 is 15.1 Å². The number of rotatable bonds is 0. The van der Waals surface area contributed by atoms with E-state index in [4.69, 9.17) is 9.97 Å². The van der Waals surface area contributed by atoms with E-state index in [0.29, 0.717) is 23.0 Å². The van der Waals surface area contributed by atoms with Crippen molar-refractivity contribution in [2.24, 2.45) is 0 Å². The van der Waals surface area contributed by atoms with E-state index in [2.05, 4.69) is 49.0 Å². The Morgan fingerprint density at radius 1 is 0.571 bits per heavy atom. The van der Waals surface area contributed by atoms with E-state index in [1.165, 1.54) is 0 Å². The Hall–Kier alpha value is -3.57. The van der Waals surface area contributed by atoms with Gasteiger partial charge in [-0.05, 0) is 48.5 Å². The molecule has 0 N–H and O–H groups in total. The number of pyridine rings is 2. The first-order chi connectivity index (χ1) is 16.8. The largest absolute Gasteiger partial charge is 0.397 e. The maximum atomic E-state index is 13.4. The average Bonchev–Trinajstić information content (AvgIpc) is 3.45. The van der Waals surface area contributed by atoms with Gasteiger partial charge in [0.1, 0.15) is 23.0 Å². The first-order valence-electron chi connectivity index (χ1n) is 11.2. The molecule has 0 aliphatic carbocycles. The molecule has 0 fully saturated rings. The molecular formula is C25H18B2N6OPt. The van der Waals surface area contributed by atoms with Crippen LogP contribution in [0.2, 0.25) is 0 Å². The van der Waals surface area contributed by atoms with Crippen LogP contribution in [-0.4, -0.2) is 43.9 Å². The van der Waals surface area contributed by atoms with E-state index in [9.17, 15) is 4.79 Å². The number of carbonyl (C=O) groups is 1. The first kappa shape index (κ1) is 21.9. The van der Waals surface area contributed by atoms with Gasteiger partial charge < -0.3 is 19.2 Å². The first-order valence-corrected chi connectivity index (χ1v) is 11.2. The third-order valence-electron chi connectivity index (χ3n) is 6.42. The topological polar surface area (TPSA) is 55.8 Å². The van der Waals surface area contributed by atoms with Gasteiger partial charge in [-0.15, -0.1) is 0 Å². The third kappa shape index (κ3) is 3.53. The number of anilines is 6. The zero-order valence-electron chi connectivity index (χ0n) is 18.6. The summed E-state index contributed by atoms with van der Waals surface area (Å²) in [5.41, 5.74) is 5.05. The van der Waals surface area contributed by atoms with E-state index in [-0.39, 0.29) is 26.8 Å². The summed E-state index contributed by atoms with van der Waals surface area (Å²) in [5.74, 6) is 1.20. The molecule has 2 aromatic heterocycles. The number of fused-ring (bicyclic) bond motifs is 16. The van der Waals surface area contributed by atoms with Crippen LogP contribution in [0.15, 0.2) is 84.9 Å². The van der Waals surface area contributed by atoms with Crippen molar-refractivity contribution in [1.82, 2.24) is 9.97 Å². The molecule has 7 rings (SSSR count). The minimum Gasteiger partial charge on any atom is -0.395 e. The van der Waals surface area contributed by atoms with Gasteiger partial charge in [-0.3, -0.25) is 4.79 Å². The number of nitrogens with zero attached hydrogens (tertiary/aromatic N) is 6. The molecule has 0 atom stereocenters. The fraction of sp³-hybridized carbons (Fsp3) is 0.0800. The van der Waals surface area contributed by atoms with E-state index in [1.807, 2.05) is 58.2 Å². The predicted molar refractivity (Wildman–Crippen MR) is 135 cm³/mol. The second-order valence-corrected chi connectivity index (χ2v) is 8.43. The van der Waals surface area contributed by atoms with Crippen LogP contribution in [0.25, 0.3) is 0 Å². The van der Waals surface area contributed by atoms with Gasteiger partial charge in [0.15, 0.2) is 0 Å². The molecule has 0 saturated heterocycles. The van der Waals surface area contributed by atoms with Gasteiger partial charge in [0.2, 0.25) is 5.78 Å². The number of hydrogen-bond acceptors (Lipinski definition) is 7. The predicted octanol–water partition coefficient (Wildman–Crippen LogP) is 3.70. The molecule has 5 heterocycles. The molecule has 0 spiro atoms. The SMILES string of the molecule is O=C1c2cccc(n2)N2[B]N(CCN3[B]N(c4cccc1n4)c1ccccc13)c1ccccc12.[Pt]. The Morgan fingerprint density at radius 3 is 1.46 bits per heavy atom. The summed E-state index contributed by atoms with van der Waals surface area (Å²) in [6.45, 7) is 1.55. The zero-order valence-corrected chi connectivity index (χ0v) is 20.8. The molecule has 8 bridgehead atoms. The summed E-state index contributed by atoms with van der Waals surface area (Å²) < 4.78 is 0. The van der Waals surface area contributed by atoms with Crippen molar-refractivity contribution in [2.75, 3.05) is 32.3 Å². The number of aromatic nitrogens is 2. The van der Waals surface area contributed by atoms with Crippen LogP contribution in [0.5, 0.6) is 0 Å². The molecule has 3 aliphatic rings. The normalized spacial score (nSPS) is 15.3. The van der Waals surface area contributed by atoms with Crippen LogP contribution in [0, 0.1) is 0 Å². The van der Waals surface area contributed by atoms with Crippen LogP contribution >= 0.6 is 0 Å². The molecular weight excluding hydrogens is 617 g/mol. The standard InChI is InChI=1S/C25H18B2N6O.Pt/c34-25-17-7-5-13-23(28-17)32-21-11-3-1-9-19(21)30(26-32)15-16-31-20-10-2-4-12-22(20)33(27-31)24-14-6-8-18(25)29-24;/h1-14H,15-16H2;. The summed E-state index contributed by atoms with van der Waals surface area (Å²) in [7, 11) is 4.14. The smallest absolute Gasteiger partial charge is 0.395 e. The Balaban J connectivity index is 0.00000229. The molecule has 2 aromatic carbocycles. The Bertz CT molecular complexity index is 1350. The summed E-state index contributed by atoms with van der Waals surface area (Å²) in [5, 5.41) is 0. The number of hydrogen-bond donors (Lipinski definition) is 0. The molecule has 10 heteroatoms. The third-order valence-corrected chi connectivity index (χ3v) is 6.42. The van der Waals surface area contributed by atoms with Crippen LogP contribution in [-0.2, 0) is 21.1 Å². The summed E-state index contributed by atoms with van der Waals surface area (Å²) in [6.07, 6.45) is 0. The van der Waals surface area contributed by atoms with Crippen molar-refractivity contribution in [3.05, 3.63) is 96.3 Å². The second-order valence-electron chi connectivity index (χ2n) is 8.43. The quantitative estimate of drug-likeness (QED) is 0.274. The van der Waals surface area contributed by atoms with E-state index in [0.717, 1.165) is 35.8 Å². The minimum absolute atomic E-state index is 0. The Labute approximate surface area is 219 Å². The van der Waals surface area contributed by atoms with Gasteiger partial charge in [-0.1, -0.05) is 36.4 Å². The number of para-hydroxylation sites is 4. The van der Waals surface area contributed by atoms with E-state index >= 15 is 0 Å². The van der Waals surface area contributed by atoms with Crippen molar-refractivity contribution in [3.8, 4) is 0 Å². The van der Waals surface area contributed by atoms with Crippen molar-refractivity contribution < 1.29 is 25.9 Å². The summed E-state index contributed by atoms with van der Waals surface area (Å²) in [6, 6.07) is 27.6. The van der Waals surface area contributed by atoms with Crippen LogP contribution in [0.1, 0.15) is 16.2 Å². The molecule has 0 unspecified atom stereocenters. The fourth-order valence-electron chi connectivity index (χ4n) is 4.79. The van der Waals surface area contributed by atoms with Crippen LogP contribution in [0.4, 0.5) is 34.4 Å². The number of ketones is 1. The van der Waals surface area contributed by atoms with Crippen molar-refractivity contribution >= 4 is 55.3 Å². The summed E-state index contributed by atoms with van der Waals surface area (Å²) in [4.78, 5) is 31.4. The zero-order chi connectivity index (χ0) is 22.6. The molecule has 0 saturated carbocycles. The van der Waals surface area contributed by atoms with Crippen LogP contribution in [0.3, 0.4) is 0 Å². The number of carbonyl (C=O) groups excluding carboxylic acids is 1.